The molecule has 0 aliphatic heterocycles. The molecule has 0 spiro atoms. The van der Waals surface area contributed by atoms with Crippen LogP contribution in [-0.4, -0.2) is 0 Å². The molecule has 0 nitrogen and oxygen atoms in total. The molecule has 0 N–H and O–H groups in total. The second-order valence-corrected chi connectivity index (χ2v) is 0. The normalized spacial score (nSPS) is 0. The van der Waals surface area contributed by atoms with Crippen molar-refractivity contribution in [3.05, 3.63) is 0 Å². The second kappa shape index (κ2) is 26.3. The summed E-state index contributed by atoms with van der Waals surface area (Å²) in [5.74, 6) is 0. The van der Waals surface area contributed by atoms with Gasteiger partial charge in [0, 0.05) is 0 Å². The maximum absolute atomic E-state index is 0. The molecule has 0 aromatic rings. The van der Waals surface area contributed by atoms with Gasteiger partial charge >= 0.3 is 105 Å². The molecule has 0 heterocycles. The quantitative estimate of drug-likeness (QED) is 0.242. The maximum atomic E-state index is 0. The molecule has 0 unspecified atom stereocenters. The van der Waals surface area contributed by atoms with Gasteiger partial charge in [0.1, 0.15) is 0 Å². The predicted molar refractivity (Wildman–Crippen MR) is 5.56 cm³/mol. The standard InChI is InChI=1S/4Li.Na.5H/q5*+1;5*-1. The third kappa shape index (κ3) is 18.7. The van der Waals surface area contributed by atoms with Crippen LogP contribution in [0.3, 0.4) is 0 Å². The van der Waals surface area contributed by atoms with Gasteiger partial charge in [-0.05, 0) is 0 Å². The summed E-state index contributed by atoms with van der Waals surface area (Å²) in [6, 6.07) is 0. The third-order valence-electron chi connectivity index (χ3n) is 0. The molecule has 0 aliphatic carbocycles. The molecule has 5 heavy (non-hydrogen) atoms. The summed E-state index contributed by atoms with van der Waals surface area (Å²) in [4.78, 5) is 0. The smallest absolute Gasteiger partial charge is 1.00 e. The molecule has 0 aromatic heterocycles. The molecule has 0 saturated carbocycles. The van der Waals surface area contributed by atoms with E-state index in [0.717, 1.165) is 0 Å². The van der Waals surface area contributed by atoms with Crippen LogP contribution in [0, 0.1) is 0 Å². The summed E-state index contributed by atoms with van der Waals surface area (Å²) in [5, 5.41) is 0. The van der Waals surface area contributed by atoms with Crippen LogP contribution in [0.5, 0.6) is 0 Å². The molecule has 5 heteroatoms. The Morgan fingerprint density at radius 1 is 0.600 bits per heavy atom. The third-order valence-corrected chi connectivity index (χ3v) is 0. The molecule has 0 aliphatic rings. The van der Waals surface area contributed by atoms with Crippen LogP contribution in [0.4, 0.5) is 0 Å². The minimum Gasteiger partial charge on any atom is -1.00 e. The van der Waals surface area contributed by atoms with Crippen LogP contribution in [0.1, 0.15) is 7.13 Å². The number of hydrogen-bond donors (Lipinski definition) is 0. The minimum absolute atomic E-state index is 0. The minimum atomic E-state index is 0. The van der Waals surface area contributed by atoms with Crippen LogP contribution >= 0.6 is 0 Å². The molecular weight excluding hydrogens is 50.8 g/mol. The molecule has 0 bridgehead atoms. The van der Waals surface area contributed by atoms with Crippen molar-refractivity contribution in [2.45, 2.75) is 0 Å². The van der Waals surface area contributed by atoms with E-state index in [9.17, 15) is 0 Å². The zero-order valence-corrected chi connectivity index (χ0v) is 7.00. The second-order valence-electron chi connectivity index (χ2n) is 0. The molecule has 0 saturated heterocycles. The van der Waals surface area contributed by atoms with Crippen molar-refractivity contribution < 1.29 is 112 Å². The molecule has 0 fully saturated rings. The van der Waals surface area contributed by atoms with Gasteiger partial charge in [0.25, 0.3) is 0 Å². The van der Waals surface area contributed by atoms with Gasteiger partial charge in [-0.1, -0.05) is 0 Å². The summed E-state index contributed by atoms with van der Waals surface area (Å²) >= 11 is 0. The van der Waals surface area contributed by atoms with Gasteiger partial charge in [0.2, 0.25) is 0 Å². The van der Waals surface area contributed by atoms with Crippen molar-refractivity contribution >= 4 is 0 Å². The average molecular weight is 55.8 g/mol. The first-order valence-electron chi connectivity index (χ1n) is 0. The average Bonchev–Trinajstić information content (AvgIpc) is 0. The van der Waals surface area contributed by atoms with Gasteiger partial charge in [-0.2, -0.15) is 0 Å². The van der Waals surface area contributed by atoms with E-state index in [4.69, 9.17) is 0 Å². The molecule has 0 aromatic carbocycles. The zero-order valence-electron chi connectivity index (χ0n) is 10.0. The first-order chi connectivity index (χ1) is 0. The van der Waals surface area contributed by atoms with E-state index in [1.54, 1.807) is 0 Å². The molecule has 10 valence electrons. The summed E-state index contributed by atoms with van der Waals surface area (Å²) in [6.45, 7) is 0. The van der Waals surface area contributed by atoms with Gasteiger partial charge in [0.05, 0.1) is 0 Å². The Labute approximate surface area is 110 Å². The van der Waals surface area contributed by atoms with E-state index < -0.39 is 0 Å². The predicted octanol–water partition coefficient (Wildman–Crippen LogP) is -14.4. The first kappa shape index (κ1) is 39.9. The van der Waals surface area contributed by atoms with Crippen molar-refractivity contribution in [2.75, 3.05) is 0 Å². The Morgan fingerprint density at radius 3 is 0.600 bits per heavy atom. The first-order valence-corrected chi connectivity index (χ1v) is 0. The van der Waals surface area contributed by atoms with Gasteiger partial charge in [-0.3, -0.25) is 0 Å². The van der Waals surface area contributed by atoms with E-state index in [0.29, 0.717) is 0 Å². The zero-order chi connectivity index (χ0) is 0. The SMILES string of the molecule is [H-].[H-].[H-].[H-].[H-].[Li+].[Li+].[Li+].[Li+].[Na+]. The maximum Gasteiger partial charge on any atom is 1.00 e. The summed E-state index contributed by atoms with van der Waals surface area (Å²) in [5.41, 5.74) is 0. The fourth-order valence-electron chi connectivity index (χ4n) is 0. The summed E-state index contributed by atoms with van der Waals surface area (Å²) in [6.07, 6.45) is 0. The van der Waals surface area contributed by atoms with Gasteiger partial charge in [0.15, 0.2) is 0 Å². The molecule has 0 atom stereocenters. The molecular formula is H5Li4Na. The Kier molecular flexibility index (Phi) is 209. The van der Waals surface area contributed by atoms with E-state index in [2.05, 4.69) is 0 Å². The molecule has 0 rings (SSSR count). The van der Waals surface area contributed by atoms with E-state index in [1.165, 1.54) is 0 Å². The van der Waals surface area contributed by atoms with Crippen LogP contribution in [0.2, 0.25) is 0 Å². The largest absolute Gasteiger partial charge is 1.00 e. The van der Waals surface area contributed by atoms with Gasteiger partial charge < -0.3 is 7.13 Å². The van der Waals surface area contributed by atoms with Crippen LogP contribution < -0.4 is 105 Å². The van der Waals surface area contributed by atoms with Crippen molar-refractivity contribution in [3.8, 4) is 0 Å². The van der Waals surface area contributed by atoms with Gasteiger partial charge in [-0.15, -0.1) is 0 Å². The van der Waals surface area contributed by atoms with Crippen molar-refractivity contribution in [2.24, 2.45) is 0 Å². The topological polar surface area (TPSA) is 0 Å². The Balaban J connectivity index is 0. The summed E-state index contributed by atoms with van der Waals surface area (Å²) in [7, 11) is 0. The van der Waals surface area contributed by atoms with Crippen molar-refractivity contribution in [1.29, 1.82) is 0 Å². The van der Waals surface area contributed by atoms with Crippen molar-refractivity contribution in [1.82, 2.24) is 0 Å². The Hall–Kier alpha value is 3.39. The van der Waals surface area contributed by atoms with Gasteiger partial charge in [-0.25, -0.2) is 0 Å². The van der Waals surface area contributed by atoms with Crippen LogP contribution in [-0.2, 0) is 0 Å². The van der Waals surface area contributed by atoms with E-state index in [1.807, 2.05) is 0 Å². The fourth-order valence-corrected chi connectivity index (χ4v) is 0. The molecule has 0 amide bonds. The van der Waals surface area contributed by atoms with E-state index >= 15 is 0 Å². The Bertz CT molecular complexity index is 13.6. The van der Waals surface area contributed by atoms with Crippen LogP contribution in [0.25, 0.3) is 0 Å². The summed E-state index contributed by atoms with van der Waals surface area (Å²) < 4.78 is 0. The van der Waals surface area contributed by atoms with E-state index in [-0.39, 0.29) is 112 Å². The van der Waals surface area contributed by atoms with Crippen LogP contribution in [0.15, 0.2) is 0 Å². The number of hydrogen-bond acceptors (Lipinski definition) is 0. The fraction of sp³-hybridized carbons (Fsp3) is 0. The van der Waals surface area contributed by atoms with Crippen molar-refractivity contribution in [3.63, 3.8) is 0 Å². The number of rotatable bonds is 0. The molecule has 0 radical (unpaired) electrons. The monoisotopic (exact) mass is 56.1 g/mol. The Morgan fingerprint density at radius 2 is 0.600 bits per heavy atom.